The van der Waals surface area contributed by atoms with E-state index in [-0.39, 0.29) is 17.5 Å². The average molecular weight is 580 g/mol. The van der Waals surface area contributed by atoms with E-state index in [2.05, 4.69) is 91.6 Å². The number of aryl methyl sites for hydroxylation is 1. The lowest BCUT2D eigenvalue weighted by Gasteiger charge is -2.51. The minimum atomic E-state index is -0.107. The van der Waals surface area contributed by atoms with Crippen LogP contribution in [0.4, 0.5) is 10.5 Å². The summed E-state index contributed by atoms with van der Waals surface area (Å²) in [6.45, 7) is 8.50. The van der Waals surface area contributed by atoms with E-state index >= 15 is 0 Å². The van der Waals surface area contributed by atoms with Crippen molar-refractivity contribution in [2.24, 2.45) is 17.8 Å². The normalized spacial score (nSPS) is 22.9. The molecular formula is C35H45N7O. The summed E-state index contributed by atoms with van der Waals surface area (Å²) in [5, 5.41) is 15.3. The van der Waals surface area contributed by atoms with Gasteiger partial charge in [-0.25, -0.2) is 9.78 Å². The van der Waals surface area contributed by atoms with Gasteiger partial charge >= 0.3 is 6.03 Å². The molecule has 1 aromatic heterocycles. The minimum Gasteiger partial charge on any atom is -0.371 e. The van der Waals surface area contributed by atoms with Gasteiger partial charge in [0.25, 0.3) is 0 Å². The molecule has 3 fully saturated rings. The molecule has 6 rings (SSSR count). The summed E-state index contributed by atoms with van der Waals surface area (Å²) in [7, 11) is 1.71. The standard InChI is InChI=1S/C35H45N7O/c1-26-38-17-20-41(26)25-35(29-7-4-3-5-8-29,32-9-6-10-33(32)39-34(43)37-2)30-15-18-40(19-16-30)22-28-23-42(24-28)31-13-11-27(21-36)12-14-31/h3-5,7-8,11-14,17,20,28,30,32-33H,6,9-10,15-16,18-19,22-25H2,1-2H3,(H2,37,39,43)/t32-,33-,35?/m0/s1. The predicted molar refractivity (Wildman–Crippen MR) is 170 cm³/mol. The summed E-state index contributed by atoms with van der Waals surface area (Å²) in [5.74, 6) is 2.57. The molecule has 0 bridgehead atoms. The number of imidazole rings is 1. The summed E-state index contributed by atoms with van der Waals surface area (Å²) >= 11 is 0. The Labute approximate surface area is 256 Å². The molecule has 2 aromatic carbocycles. The molecule has 2 amide bonds. The second kappa shape index (κ2) is 12.8. The topological polar surface area (TPSA) is 89.2 Å². The fourth-order valence-electron chi connectivity index (χ4n) is 8.32. The molecule has 2 aliphatic heterocycles. The van der Waals surface area contributed by atoms with Crippen LogP contribution in [0, 0.1) is 36.0 Å². The van der Waals surface area contributed by atoms with Gasteiger partial charge in [0, 0.05) is 68.7 Å². The molecule has 2 N–H and O–H groups in total. The van der Waals surface area contributed by atoms with Crippen molar-refractivity contribution in [2.45, 2.75) is 57.0 Å². The van der Waals surface area contributed by atoms with Crippen LogP contribution in [0.2, 0.25) is 0 Å². The van der Waals surface area contributed by atoms with E-state index in [0.29, 0.717) is 23.3 Å². The highest BCUT2D eigenvalue weighted by Gasteiger charge is 2.52. The Morgan fingerprint density at radius 1 is 1.05 bits per heavy atom. The van der Waals surface area contributed by atoms with Crippen molar-refractivity contribution in [3.8, 4) is 6.07 Å². The first-order valence-electron chi connectivity index (χ1n) is 16.0. The Morgan fingerprint density at radius 2 is 1.79 bits per heavy atom. The van der Waals surface area contributed by atoms with Gasteiger partial charge in [0.2, 0.25) is 0 Å². The van der Waals surface area contributed by atoms with Gasteiger partial charge in [0.1, 0.15) is 5.82 Å². The monoisotopic (exact) mass is 579 g/mol. The van der Waals surface area contributed by atoms with E-state index in [9.17, 15) is 4.79 Å². The molecular weight excluding hydrogens is 534 g/mol. The van der Waals surface area contributed by atoms with Gasteiger partial charge in [-0.2, -0.15) is 5.26 Å². The largest absolute Gasteiger partial charge is 0.371 e. The zero-order valence-corrected chi connectivity index (χ0v) is 25.6. The van der Waals surface area contributed by atoms with Crippen LogP contribution < -0.4 is 15.5 Å². The number of piperidine rings is 1. The number of carbonyl (C=O) groups excluding carboxylic acids is 1. The number of benzene rings is 2. The predicted octanol–water partition coefficient (Wildman–Crippen LogP) is 4.95. The number of urea groups is 1. The Morgan fingerprint density at radius 3 is 2.44 bits per heavy atom. The Bertz CT molecular complexity index is 1400. The molecule has 3 atom stereocenters. The van der Waals surface area contributed by atoms with Crippen molar-refractivity contribution in [3.63, 3.8) is 0 Å². The highest BCUT2D eigenvalue weighted by atomic mass is 16.2. The second-order valence-corrected chi connectivity index (χ2v) is 12.9. The maximum absolute atomic E-state index is 12.6. The number of hydrogen-bond donors (Lipinski definition) is 2. The van der Waals surface area contributed by atoms with Crippen LogP contribution in [0.5, 0.6) is 0 Å². The van der Waals surface area contributed by atoms with Gasteiger partial charge in [-0.15, -0.1) is 0 Å². The first-order chi connectivity index (χ1) is 21.0. The van der Waals surface area contributed by atoms with Crippen molar-refractivity contribution in [1.82, 2.24) is 25.1 Å². The molecule has 2 saturated heterocycles. The molecule has 226 valence electrons. The molecule has 8 nitrogen and oxygen atoms in total. The number of aromatic nitrogens is 2. The van der Waals surface area contributed by atoms with Crippen molar-refractivity contribution < 1.29 is 4.79 Å². The molecule has 3 aromatic rings. The number of anilines is 1. The van der Waals surface area contributed by atoms with Crippen molar-refractivity contribution in [1.29, 1.82) is 5.26 Å². The van der Waals surface area contributed by atoms with Gasteiger partial charge in [-0.05, 0) is 87.4 Å². The lowest BCUT2D eigenvalue weighted by Crippen LogP contribution is -2.57. The third-order valence-electron chi connectivity index (χ3n) is 10.5. The molecule has 8 heteroatoms. The van der Waals surface area contributed by atoms with Crippen LogP contribution in [-0.2, 0) is 12.0 Å². The number of nitrogens with zero attached hydrogens (tertiary/aromatic N) is 5. The zero-order chi connectivity index (χ0) is 29.8. The molecule has 1 unspecified atom stereocenters. The molecule has 0 spiro atoms. The van der Waals surface area contributed by atoms with E-state index < -0.39 is 0 Å². The van der Waals surface area contributed by atoms with E-state index in [1.165, 1.54) is 11.3 Å². The highest BCUT2D eigenvalue weighted by molar-refractivity contribution is 5.73. The fourth-order valence-corrected chi connectivity index (χ4v) is 8.32. The van der Waals surface area contributed by atoms with Crippen LogP contribution in [0.3, 0.4) is 0 Å². The molecule has 3 aliphatic rings. The number of likely N-dealkylation sites (tertiary alicyclic amines) is 1. The summed E-state index contributed by atoms with van der Waals surface area (Å²) in [5.41, 5.74) is 3.22. The number of nitrogens with one attached hydrogen (secondary N) is 2. The quantitative estimate of drug-likeness (QED) is 0.375. The highest BCUT2D eigenvalue weighted by Crippen LogP contribution is 2.51. The average Bonchev–Trinajstić information content (AvgIpc) is 3.66. The number of carbonyl (C=O) groups is 1. The Hall–Kier alpha value is -3.83. The van der Waals surface area contributed by atoms with Crippen LogP contribution in [-0.4, -0.2) is 66.3 Å². The lowest BCUT2D eigenvalue weighted by molar-refractivity contribution is 0.0563. The van der Waals surface area contributed by atoms with Gasteiger partial charge in [0.15, 0.2) is 0 Å². The van der Waals surface area contributed by atoms with E-state index in [4.69, 9.17) is 5.26 Å². The maximum Gasteiger partial charge on any atom is 0.314 e. The second-order valence-electron chi connectivity index (χ2n) is 12.9. The van der Waals surface area contributed by atoms with E-state index in [0.717, 1.165) is 77.2 Å². The van der Waals surface area contributed by atoms with Crippen LogP contribution in [0.15, 0.2) is 67.0 Å². The van der Waals surface area contributed by atoms with Crippen molar-refractivity contribution >= 4 is 11.7 Å². The summed E-state index contributed by atoms with van der Waals surface area (Å²) in [6, 6.07) is 21.4. The third kappa shape index (κ3) is 6.01. The zero-order valence-electron chi connectivity index (χ0n) is 25.6. The van der Waals surface area contributed by atoms with Gasteiger partial charge in [-0.1, -0.05) is 36.8 Å². The van der Waals surface area contributed by atoms with E-state index in [1.54, 1.807) is 7.05 Å². The first-order valence-corrected chi connectivity index (χ1v) is 16.0. The molecule has 1 saturated carbocycles. The molecule has 3 heterocycles. The number of rotatable bonds is 9. The summed E-state index contributed by atoms with van der Waals surface area (Å²) in [4.78, 5) is 22.3. The van der Waals surface area contributed by atoms with Gasteiger partial charge in [-0.3, -0.25) is 0 Å². The maximum atomic E-state index is 12.6. The Balaban J connectivity index is 1.20. The number of nitriles is 1. The van der Waals surface area contributed by atoms with Gasteiger partial charge < -0.3 is 25.0 Å². The number of amides is 2. The first kappa shape index (κ1) is 29.3. The van der Waals surface area contributed by atoms with Crippen molar-refractivity contribution in [3.05, 3.63) is 83.9 Å². The minimum absolute atomic E-state index is 0.0805. The molecule has 0 radical (unpaired) electrons. The third-order valence-corrected chi connectivity index (χ3v) is 10.5. The fraction of sp³-hybridized carbons (Fsp3) is 0.514. The molecule has 1 aliphatic carbocycles. The van der Waals surface area contributed by atoms with Crippen LogP contribution in [0.25, 0.3) is 0 Å². The van der Waals surface area contributed by atoms with Gasteiger partial charge in [0.05, 0.1) is 11.6 Å². The SMILES string of the molecule is CNC(=O)N[C@H]1CCC[C@@H]1C(Cn1ccnc1C)(c1ccccc1)C1CCN(CC2CN(c3ccc(C#N)cc3)C2)CC1. The summed E-state index contributed by atoms with van der Waals surface area (Å²) in [6.07, 6.45) is 9.62. The van der Waals surface area contributed by atoms with Crippen LogP contribution >= 0.6 is 0 Å². The Kier molecular flexibility index (Phi) is 8.71. The number of hydrogen-bond acceptors (Lipinski definition) is 5. The lowest BCUT2D eigenvalue weighted by atomic mass is 9.58. The smallest absolute Gasteiger partial charge is 0.314 e. The van der Waals surface area contributed by atoms with Crippen molar-refractivity contribution in [2.75, 3.05) is 44.7 Å². The molecule has 43 heavy (non-hydrogen) atoms. The van der Waals surface area contributed by atoms with Crippen LogP contribution in [0.1, 0.15) is 49.1 Å². The summed E-state index contributed by atoms with van der Waals surface area (Å²) < 4.78 is 2.35. The van der Waals surface area contributed by atoms with E-state index in [1.807, 2.05) is 18.3 Å².